The molecule has 15 heteroatoms. The van der Waals surface area contributed by atoms with Gasteiger partial charge >= 0.3 is 12.4 Å². The number of carbonyl (C=O) groups is 1. The highest BCUT2D eigenvalue weighted by Gasteiger charge is 2.37. The molecule has 0 atom stereocenters. The minimum atomic E-state index is -4.99. The van der Waals surface area contributed by atoms with E-state index in [0.29, 0.717) is 29.3 Å². The maximum atomic E-state index is 13.2. The maximum absolute atomic E-state index is 13.2. The molecule has 194 valence electrons. The summed E-state index contributed by atoms with van der Waals surface area (Å²) in [4.78, 5) is 17.0. The highest BCUT2D eigenvalue weighted by atomic mass is 32.1. The summed E-state index contributed by atoms with van der Waals surface area (Å²) in [6, 6.07) is 4.94. The molecule has 0 saturated carbocycles. The van der Waals surface area contributed by atoms with E-state index >= 15 is 0 Å². The number of amides is 1. The van der Waals surface area contributed by atoms with Gasteiger partial charge in [-0.05, 0) is 37.3 Å². The van der Waals surface area contributed by atoms with Gasteiger partial charge in [-0.3, -0.25) is 4.79 Å². The number of thiazole rings is 1. The van der Waals surface area contributed by atoms with E-state index in [9.17, 15) is 31.1 Å². The Morgan fingerprint density at radius 3 is 2.46 bits per heavy atom. The summed E-state index contributed by atoms with van der Waals surface area (Å²) in [5, 5.41) is 12.3. The normalized spacial score (nSPS) is 13.9. The zero-order chi connectivity index (χ0) is 26.5. The van der Waals surface area contributed by atoms with Crippen LogP contribution >= 0.6 is 11.3 Å². The van der Waals surface area contributed by atoms with Crippen molar-refractivity contribution >= 4 is 38.3 Å². The fraction of sp³-hybridized carbons (Fsp3) is 0.273. The minimum Gasteiger partial charge on any atom is -0.308 e. The Labute approximate surface area is 208 Å². The molecule has 1 amide bonds. The number of halogens is 6. The summed E-state index contributed by atoms with van der Waals surface area (Å²) in [6.45, 7) is 3.04. The third-order valence-electron chi connectivity index (χ3n) is 5.66. The number of carbonyl (C=O) groups excluding carboxylic acids is 1. The summed E-state index contributed by atoms with van der Waals surface area (Å²) >= 11 is 1.30. The average molecular weight is 541 g/mol. The number of hydrogen-bond acceptors (Lipinski definition) is 7. The smallest absolute Gasteiger partial charge is 0.308 e. The van der Waals surface area contributed by atoms with E-state index in [1.54, 1.807) is 0 Å². The molecule has 0 radical (unpaired) electrons. The Bertz CT molecular complexity index is 1460. The number of fused-ring (bicyclic) bond motifs is 3. The van der Waals surface area contributed by atoms with Crippen molar-refractivity contribution in [1.29, 1.82) is 0 Å². The largest absolute Gasteiger partial charge is 0.416 e. The number of anilines is 2. The first-order valence-electron chi connectivity index (χ1n) is 10.9. The Morgan fingerprint density at radius 2 is 1.81 bits per heavy atom. The van der Waals surface area contributed by atoms with Crippen LogP contribution in [0.1, 0.15) is 23.6 Å². The lowest BCUT2D eigenvalue weighted by molar-refractivity contribution is -0.143. The second-order valence-corrected chi connectivity index (χ2v) is 9.15. The molecule has 5 rings (SSSR count). The number of aromatic nitrogens is 4. The molecule has 0 aliphatic carbocycles. The molecular formula is C22H17F6N7OS. The number of benzene rings is 2. The predicted octanol–water partition coefficient (Wildman–Crippen LogP) is 5.08. The van der Waals surface area contributed by atoms with Crippen LogP contribution in [0.3, 0.4) is 0 Å². The zero-order valence-electron chi connectivity index (χ0n) is 18.9. The van der Waals surface area contributed by atoms with Gasteiger partial charge in [0, 0.05) is 24.2 Å². The second-order valence-electron chi connectivity index (χ2n) is 8.15. The molecular weight excluding hydrogens is 524 g/mol. The summed E-state index contributed by atoms with van der Waals surface area (Å²) in [6.07, 6.45) is -8.88. The quantitative estimate of drug-likeness (QED) is 0.343. The Balaban J connectivity index is 1.34. The number of nitrogens with one attached hydrogen (secondary N) is 2. The summed E-state index contributed by atoms with van der Waals surface area (Å²) in [5.74, 6) is -0.541. The summed E-state index contributed by atoms with van der Waals surface area (Å²) in [5.41, 5.74) is 2.48. The highest BCUT2D eigenvalue weighted by molar-refractivity contribution is 7.22. The van der Waals surface area contributed by atoms with E-state index in [4.69, 9.17) is 0 Å². The van der Waals surface area contributed by atoms with Gasteiger partial charge in [0.1, 0.15) is 12.2 Å². The lowest BCUT2D eigenvalue weighted by atomic mass is 10.0. The van der Waals surface area contributed by atoms with Gasteiger partial charge in [-0.2, -0.15) is 26.3 Å². The van der Waals surface area contributed by atoms with Crippen LogP contribution in [-0.4, -0.2) is 32.4 Å². The number of hydrogen-bond donors (Lipinski definition) is 2. The number of rotatable bonds is 5. The van der Waals surface area contributed by atoms with Gasteiger partial charge in [0.05, 0.1) is 33.2 Å². The standard InChI is InChI=1S/C22H17F6N7OS/c1-2-35-17-4-3-15-19(14(17)8-29-35)37-20(30-15)31-18(36)10-34-9-16(32-33-34)11-5-12(21(23,24)25)7-13(6-11)22(26,27)28/h3-7,9,29H,2,8,10H2,1H3,(H,30,31,36). The molecule has 1 aliphatic heterocycles. The monoisotopic (exact) mass is 541 g/mol. The van der Waals surface area contributed by atoms with Crippen LogP contribution in [0.5, 0.6) is 0 Å². The first kappa shape index (κ1) is 25.0. The van der Waals surface area contributed by atoms with E-state index in [2.05, 4.69) is 26.0 Å². The molecule has 2 N–H and O–H groups in total. The third kappa shape index (κ3) is 4.96. The molecule has 1 aliphatic rings. The lowest BCUT2D eigenvalue weighted by Crippen LogP contribution is -2.31. The first-order valence-corrected chi connectivity index (χ1v) is 11.7. The predicted molar refractivity (Wildman–Crippen MR) is 124 cm³/mol. The van der Waals surface area contributed by atoms with Crippen LogP contribution in [0.25, 0.3) is 21.5 Å². The molecule has 4 aromatic rings. The van der Waals surface area contributed by atoms with Crippen molar-refractivity contribution in [1.82, 2.24) is 25.4 Å². The third-order valence-corrected chi connectivity index (χ3v) is 6.71. The van der Waals surface area contributed by atoms with Gasteiger partial charge in [0.15, 0.2) is 5.13 Å². The van der Waals surface area contributed by atoms with Gasteiger partial charge in [-0.15, -0.1) is 5.10 Å². The number of hydrazine groups is 1. The van der Waals surface area contributed by atoms with Gasteiger partial charge in [-0.1, -0.05) is 16.6 Å². The summed E-state index contributed by atoms with van der Waals surface area (Å²) in [7, 11) is 0. The molecule has 0 spiro atoms. The van der Waals surface area contributed by atoms with Gasteiger partial charge in [0.25, 0.3) is 0 Å². The SMILES string of the molecule is CCN1NCc2c1ccc1nc(NC(=O)Cn3cc(-c4cc(C(F)(F)F)cc(C(F)(F)F)c4)nn3)sc21. The first-order chi connectivity index (χ1) is 17.4. The van der Waals surface area contributed by atoms with Crippen LogP contribution in [0.2, 0.25) is 0 Å². The van der Waals surface area contributed by atoms with Crippen molar-refractivity contribution < 1.29 is 31.1 Å². The second kappa shape index (κ2) is 8.99. The van der Waals surface area contributed by atoms with Crippen molar-refractivity contribution in [3.05, 3.63) is 53.2 Å². The zero-order valence-corrected chi connectivity index (χ0v) is 19.7. The molecule has 2 aromatic carbocycles. The summed E-state index contributed by atoms with van der Waals surface area (Å²) < 4.78 is 80.8. The molecule has 0 bridgehead atoms. The van der Waals surface area contributed by atoms with Gasteiger partial charge < -0.3 is 10.3 Å². The van der Waals surface area contributed by atoms with Gasteiger partial charge in [-0.25, -0.2) is 15.1 Å². The topological polar surface area (TPSA) is 88.0 Å². The van der Waals surface area contributed by atoms with Crippen molar-refractivity contribution in [3.63, 3.8) is 0 Å². The van der Waals surface area contributed by atoms with Crippen molar-refractivity contribution in [2.75, 3.05) is 16.9 Å². The highest BCUT2D eigenvalue weighted by Crippen LogP contribution is 2.39. The molecule has 8 nitrogen and oxygen atoms in total. The van der Waals surface area contributed by atoms with Crippen molar-refractivity contribution in [2.24, 2.45) is 0 Å². The lowest BCUT2D eigenvalue weighted by Gasteiger charge is -2.15. The molecule has 2 aromatic heterocycles. The van der Waals surface area contributed by atoms with Crippen LogP contribution < -0.4 is 15.8 Å². The Kier molecular flexibility index (Phi) is 6.06. The van der Waals surface area contributed by atoms with Crippen LogP contribution in [0.4, 0.5) is 37.2 Å². The van der Waals surface area contributed by atoms with E-state index in [1.807, 2.05) is 24.1 Å². The molecule has 37 heavy (non-hydrogen) atoms. The minimum absolute atomic E-state index is 0.0323. The number of nitrogens with zero attached hydrogens (tertiary/aromatic N) is 5. The van der Waals surface area contributed by atoms with Crippen molar-refractivity contribution in [2.45, 2.75) is 32.4 Å². The van der Waals surface area contributed by atoms with Crippen molar-refractivity contribution in [3.8, 4) is 11.3 Å². The van der Waals surface area contributed by atoms with E-state index in [-0.39, 0.29) is 18.3 Å². The van der Waals surface area contributed by atoms with E-state index < -0.39 is 35.0 Å². The molecule has 0 unspecified atom stereocenters. The molecule has 0 saturated heterocycles. The Hall–Kier alpha value is -3.72. The van der Waals surface area contributed by atoms with E-state index in [1.165, 1.54) is 11.3 Å². The Morgan fingerprint density at radius 1 is 1.11 bits per heavy atom. The van der Waals surface area contributed by atoms with Crippen LogP contribution in [0.15, 0.2) is 36.5 Å². The molecule has 0 fully saturated rings. The molecule has 3 heterocycles. The van der Waals surface area contributed by atoms with Gasteiger partial charge in [0.2, 0.25) is 5.91 Å². The fourth-order valence-corrected chi connectivity index (χ4v) is 4.99. The maximum Gasteiger partial charge on any atom is 0.416 e. The van der Waals surface area contributed by atoms with E-state index in [0.717, 1.165) is 33.4 Å². The number of alkyl halides is 6. The fourth-order valence-electron chi connectivity index (χ4n) is 3.97. The van der Waals surface area contributed by atoms with Crippen LogP contribution in [-0.2, 0) is 30.2 Å². The van der Waals surface area contributed by atoms with Crippen LogP contribution in [0, 0.1) is 0 Å². The average Bonchev–Trinajstić information content (AvgIpc) is 3.54.